The number of carbonyl (C=O) groups is 1. The van der Waals surface area contributed by atoms with E-state index in [4.69, 9.17) is 0 Å². The Bertz CT molecular complexity index is 1640. The van der Waals surface area contributed by atoms with E-state index in [-0.39, 0.29) is 54.4 Å². The van der Waals surface area contributed by atoms with Crippen LogP contribution in [0.4, 0.5) is 30.4 Å². The van der Waals surface area contributed by atoms with Crippen molar-refractivity contribution in [2.24, 2.45) is 7.05 Å². The third-order valence-electron chi connectivity index (χ3n) is 7.31. The fourth-order valence-corrected chi connectivity index (χ4v) is 5.36. The Labute approximate surface area is 234 Å². The summed E-state index contributed by atoms with van der Waals surface area (Å²) in [6, 6.07) is 8.42. The molecule has 2 aromatic heterocycles. The van der Waals surface area contributed by atoms with Gasteiger partial charge in [-0.05, 0) is 44.0 Å². The molecule has 0 saturated carbocycles. The van der Waals surface area contributed by atoms with E-state index in [1.807, 2.05) is 30.9 Å². The minimum atomic E-state index is -4.69. The van der Waals surface area contributed by atoms with Crippen molar-refractivity contribution in [1.82, 2.24) is 14.5 Å². The van der Waals surface area contributed by atoms with Crippen LogP contribution in [0.3, 0.4) is 0 Å². The molecule has 0 aliphatic carbocycles. The maximum atomic E-state index is 14.4. The third kappa shape index (κ3) is 5.66. The van der Waals surface area contributed by atoms with Gasteiger partial charge in [0.25, 0.3) is 0 Å². The van der Waals surface area contributed by atoms with Crippen molar-refractivity contribution in [2.45, 2.75) is 58.3 Å². The molecule has 3 heterocycles. The van der Waals surface area contributed by atoms with Crippen molar-refractivity contribution in [3.63, 3.8) is 0 Å². The zero-order valence-corrected chi connectivity index (χ0v) is 23.1. The first-order valence-corrected chi connectivity index (χ1v) is 13.1. The van der Waals surface area contributed by atoms with E-state index >= 15 is 0 Å². The average Bonchev–Trinajstić information content (AvgIpc) is 2.92. The zero-order valence-electron chi connectivity index (χ0n) is 23.1. The monoisotopic (exact) mass is 566 g/mol. The third-order valence-corrected chi connectivity index (χ3v) is 7.31. The maximum Gasteiger partial charge on any atom is 0.418 e. The van der Waals surface area contributed by atoms with Crippen LogP contribution in [-0.4, -0.2) is 45.6 Å². The summed E-state index contributed by atoms with van der Waals surface area (Å²) in [4.78, 5) is 36.9. The van der Waals surface area contributed by atoms with Gasteiger partial charge in [-0.3, -0.25) is 9.36 Å². The van der Waals surface area contributed by atoms with Gasteiger partial charge in [-0.25, -0.2) is 9.78 Å². The minimum Gasteiger partial charge on any atom is -0.364 e. The Morgan fingerprint density at radius 2 is 1.88 bits per heavy atom. The van der Waals surface area contributed by atoms with Crippen molar-refractivity contribution in [2.75, 3.05) is 28.2 Å². The van der Waals surface area contributed by atoms with E-state index in [2.05, 4.69) is 15.3 Å². The molecule has 1 saturated heterocycles. The zero-order chi connectivity index (χ0) is 30.1. The van der Waals surface area contributed by atoms with Crippen LogP contribution >= 0.6 is 0 Å². The smallest absolute Gasteiger partial charge is 0.364 e. The molecule has 0 spiro atoms. The lowest BCUT2D eigenvalue weighted by Crippen LogP contribution is -2.58. The molecule has 1 amide bonds. The number of anilines is 3. The average molecular weight is 567 g/mol. The number of alkyl halides is 3. The van der Waals surface area contributed by atoms with Crippen LogP contribution in [0, 0.1) is 22.7 Å². The van der Waals surface area contributed by atoms with E-state index in [1.165, 1.54) is 23.6 Å². The molecule has 0 bridgehead atoms. The number of pyridine rings is 1. The molecule has 41 heavy (non-hydrogen) atoms. The Morgan fingerprint density at radius 1 is 1.15 bits per heavy atom. The number of rotatable bonds is 6. The lowest BCUT2D eigenvalue weighted by molar-refractivity contribution is -0.137. The van der Waals surface area contributed by atoms with Crippen LogP contribution < -0.4 is 20.8 Å². The fourth-order valence-electron chi connectivity index (χ4n) is 5.36. The molecule has 1 aromatic carbocycles. The Balaban J connectivity index is 1.88. The fraction of sp³-hybridized carbons (Fsp3) is 0.429. The van der Waals surface area contributed by atoms with Gasteiger partial charge in [0.2, 0.25) is 5.91 Å². The second kappa shape index (κ2) is 11.5. The number of aromatic nitrogens is 3. The summed E-state index contributed by atoms with van der Waals surface area (Å²) in [6.45, 7) is 5.28. The molecule has 1 aliphatic heterocycles. The highest BCUT2D eigenvalue weighted by Gasteiger charge is 2.41. The molecule has 13 heteroatoms. The number of nitriles is 2. The summed E-state index contributed by atoms with van der Waals surface area (Å²) in [5.74, 6) is -0.175. The van der Waals surface area contributed by atoms with Crippen LogP contribution in [0.2, 0.25) is 0 Å². The molecule has 0 radical (unpaired) electrons. The van der Waals surface area contributed by atoms with E-state index in [0.717, 1.165) is 6.07 Å². The van der Waals surface area contributed by atoms with Crippen LogP contribution in [0.1, 0.15) is 50.4 Å². The number of aryl methyl sites for hydroxylation is 1. The summed E-state index contributed by atoms with van der Waals surface area (Å²) < 4.78 is 44.6. The van der Waals surface area contributed by atoms with Gasteiger partial charge in [-0.15, -0.1) is 0 Å². The minimum absolute atomic E-state index is 0.0121. The molecule has 214 valence electrons. The van der Waals surface area contributed by atoms with Crippen LogP contribution in [0.15, 0.2) is 29.1 Å². The second-order valence-corrected chi connectivity index (χ2v) is 9.99. The van der Waals surface area contributed by atoms with Gasteiger partial charge in [-0.2, -0.15) is 28.7 Å². The Hall–Kier alpha value is -4.65. The first kappa shape index (κ1) is 29.3. The first-order chi connectivity index (χ1) is 19.4. The highest BCUT2D eigenvalue weighted by Crippen LogP contribution is 2.44. The first-order valence-electron chi connectivity index (χ1n) is 13.1. The molecule has 1 fully saturated rings. The van der Waals surface area contributed by atoms with Crippen LogP contribution in [0.5, 0.6) is 0 Å². The van der Waals surface area contributed by atoms with Crippen molar-refractivity contribution in [3.8, 4) is 12.1 Å². The summed E-state index contributed by atoms with van der Waals surface area (Å²) in [5.41, 5.74) is -0.00366. The number of amides is 1. The Morgan fingerprint density at radius 3 is 2.49 bits per heavy atom. The summed E-state index contributed by atoms with van der Waals surface area (Å²) in [7, 11) is 1.55. The summed E-state index contributed by atoms with van der Waals surface area (Å²) in [6.07, 6.45) is -4.27. The maximum absolute atomic E-state index is 14.4. The van der Waals surface area contributed by atoms with Crippen LogP contribution in [0.25, 0.3) is 11.0 Å². The Kier molecular flexibility index (Phi) is 8.19. The number of piperazine rings is 1. The molecular formula is C28H29F3N8O2. The molecule has 3 aromatic rings. The van der Waals surface area contributed by atoms with Gasteiger partial charge in [0, 0.05) is 56.8 Å². The molecule has 2 atom stereocenters. The van der Waals surface area contributed by atoms with E-state index < -0.39 is 35.4 Å². The predicted molar refractivity (Wildman–Crippen MR) is 147 cm³/mol. The van der Waals surface area contributed by atoms with E-state index in [1.54, 1.807) is 18.0 Å². The SMILES string of the molecule is CC[C@@H]1CN(c2nc(=O)n(C)c3ccc(C#N)nc23)[C@@H](C)CN1c1c(C(F)(F)F)ccc(NC(C)=O)c1CCC#N. The lowest BCUT2D eigenvalue weighted by Gasteiger charge is -2.48. The standard InChI is InChI=1S/C28H29F3N8O2/c1-5-19-15-38(26-24-23(37(4)27(41)36-26)11-8-18(13-33)35-24)16(2)14-39(19)25-20(7-6-12-32)22(34-17(3)40)10-9-21(25)28(29,30)31/h8-11,16,19H,5-7,14-15H2,1-4H3,(H,34,40)/t16-,19+/m0/s1. The highest BCUT2D eigenvalue weighted by atomic mass is 19.4. The normalized spacial score (nSPS) is 17.3. The predicted octanol–water partition coefficient (Wildman–Crippen LogP) is 4.13. The molecule has 10 nitrogen and oxygen atoms in total. The van der Waals surface area contributed by atoms with Gasteiger partial charge in [-0.1, -0.05) is 6.92 Å². The number of nitrogens with one attached hydrogen (secondary N) is 1. The van der Waals surface area contributed by atoms with E-state index in [9.17, 15) is 33.3 Å². The van der Waals surface area contributed by atoms with Crippen molar-refractivity contribution in [3.05, 3.63) is 51.6 Å². The topological polar surface area (TPSA) is 131 Å². The van der Waals surface area contributed by atoms with Gasteiger partial charge in [0.15, 0.2) is 5.82 Å². The highest BCUT2D eigenvalue weighted by molar-refractivity contribution is 5.91. The molecular weight excluding hydrogens is 537 g/mol. The van der Waals surface area contributed by atoms with Gasteiger partial charge in [0.1, 0.15) is 17.3 Å². The molecule has 4 rings (SSSR count). The molecule has 1 aliphatic rings. The van der Waals surface area contributed by atoms with Gasteiger partial charge < -0.3 is 15.1 Å². The van der Waals surface area contributed by atoms with Gasteiger partial charge in [0.05, 0.1) is 22.8 Å². The number of fused-ring (bicyclic) bond motifs is 1. The summed E-state index contributed by atoms with van der Waals surface area (Å²) >= 11 is 0. The molecule has 1 N–H and O–H groups in total. The number of carbonyl (C=O) groups excluding carboxylic acids is 1. The number of hydrogen-bond acceptors (Lipinski definition) is 8. The quantitative estimate of drug-likeness (QED) is 0.471. The van der Waals surface area contributed by atoms with Gasteiger partial charge >= 0.3 is 11.9 Å². The summed E-state index contributed by atoms with van der Waals surface area (Å²) in [5, 5.41) is 21.3. The lowest BCUT2D eigenvalue weighted by atomic mass is 9.95. The largest absolute Gasteiger partial charge is 0.418 e. The molecule has 0 unspecified atom stereocenters. The number of halogens is 3. The van der Waals surface area contributed by atoms with Crippen molar-refractivity contribution in [1.29, 1.82) is 10.5 Å². The van der Waals surface area contributed by atoms with E-state index in [0.29, 0.717) is 17.5 Å². The van der Waals surface area contributed by atoms with Crippen molar-refractivity contribution >= 4 is 34.1 Å². The number of hydrogen-bond donors (Lipinski definition) is 1. The number of benzene rings is 1. The second-order valence-electron chi connectivity index (χ2n) is 9.99. The van der Waals surface area contributed by atoms with Crippen LogP contribution in [-0.2, 0) is 24.4 Å². The van der Waals surface area contributed by atoms with Crippen molar-refractivity contribution < 1.29 is 18.0 Å². The number of nitrogens with zero attached hydrogens (tertiary/aromatic N) is 7.